The van der Waals surface area contributed by atoms with Gasteiger partial charge in [0.25, 0.3) is 0 Å². The number of amides is 1. The standard InChI is InChI=1S/C22H24N2O3S2/c1-4-27-22(26)18-15-9-7-11-17(15)29-21(18)24-20(25)13(3)28-19-12(2)23-16-10-6-5-8-14(16)19/h5-6,8,10,13,23H,4,7,9,11H2,1-3H3,(H,24,25). The second kappa shape index (κ2) is 8.24. The number of carbonyl (C=O) groups excluding carboxylic acids is 2. The maximum absolute atomic E-state index is 13.0. The van der Waals surface area contributed by atoms with E-state index in [1.54, 1.807) is 6.92 Å². The van der Waals surface area contributed by atoms with Gasteiger partial charge in [0.2, 0.25) is 5.91 Å². The van der Waals surface area contributed by atoms with E-state index in [0.717, 1.165) is 46.3 Å². The molecule has 2 aromatic heterocycles. The zero-order valence-electron chi connectivity index (χ0n) is 16.8. The van der Waals surface area contributed by atoms with Crippen LogP contribution in [0.1, 0.15) is 46.8 Å². The number of hydrogen-bond acceptors (Lipinski definition) is 5. The Labute approximate surface area is 178 Å². The Bertz CT molecular complexity index is 1080. The Kier molecular flexibility index (Phi) is 5.69. The van der Waals surface area contributed by atoms with Gasteiger partial charge in [0.1, 0.15) is 5.00 Å². The summed E-state index contributed by atoms with van der Waals surface area (Å²) in [5.41, 5.74) is 3.73. The number of nitrogens with one attached hydrogen (secondary N) is 2. The molecule has 0 aliphatic heterocycles. The number of H-pyrrole nitrogens is 1. The van der Waals surface area contributed by atoms with Gasteiger partial charge >= 0.3 is 5.97 Å². The molecule has 7 heteroatoms. The molecule has 2 N–H and O–H groups in total. The van der Waals surface area contributed by atoms with E-state index in [9.17, 15) is 9.59 Å². The SMILES string of the molecule is CCOC(=O)c1c(NC(=O)C(C)Sc2c(C)[nH]c3ccccc23)sc2c1CCC2. The van der Waals surface area contributed by atoms with Crippen molar-refractivity contribution < 1.29 is 14.3 Å². The van der Waals surface area contributed by atoms with Gasteiger partial charge in [-0.1, -0.05) is 18.2 Å². The second-order valence-corrected chi connectivity index (χ2v) is 9.61. The number of anilines is 1. The van der Waals surface area contributed by atoms with Gasteiger partial charge in [-0.2, -0.15) is 0 Å². The molecule has 0 bridgehead atoms. The number of esters is 1. The molecular formula is C22H24N2O3S2. The minimum Gasteiger partial charge on any atom is -0.462 e. The van der Waals surface area contributed by atoms with Crippen LogP contribution in [0.4, 0.5) is 5.00 Å². The first-order valence-corrected chi connectivity index (χ1v) is 11.6. The number of thioether (sulfide) groups is 1. The van der Waals surface area contributed by atoms with Crippen molar-refractivity contribution >= 4 is 50.9 Å². The molecule has 152 valence electrons. The van der Waals surface area contributed by atoms with Gasteiger partial charge in [-0.05, 0) is 51.7 Å². The fourth-order valence-electron chi connectivity index (χ4n) is 3.76. The van der Waals surface area contributed by atoms with Crippen molar-refractivity contribution in [2.24, 2.45) is 0 Å². The first kappa shape index (κ1) is 20.0. The Morgan fingerprint density at radius 1 is 1.31 bits per heavy atom. The van der Waals surface area contributed by atoms with Crippen LogP contribution < -0.4 is 5.32 Å². The van der Waals surface area contributed by atoms with Crippen LogP contribution in [0.5, 0.6) is 0 Å². The van der Waals surface area contributed by atoms with Crippen LogP contribution in [0.25, 0.3) is 10.9 Å². The third kappa shape index (κ3) is 3.81. The molecule has 2 heterocycles. The molecule has 0 spiro atoms. The van der Waals surface area contributed by atoms with E-state index >= 15 is 0 Å². The average Bonchev–Trinajstić information content (AvgIpc) is 3.35. The summed E-state index contributed by atoms with van der Waals surface area (Å²) < 4.78 is 5.25. The summed E-state index contributed by atoms with van der Waals surface area (Å²) in [7, 11) is 0. The number of para-hydroxylation sites is 1. The lowest BCUT2D eigenvalue weighted by Gasteiger charge is -2.13. The quantitative estimate of drug-likeness (QED) is 0.412. The Morgan fingerprint density at radius 2 is 2.10 bits per heavy atom. The van der Waals surface area contributed by atoms with Crippen molar-refractivity contribution in [3.8, 4) is 0 Å². The minimum absolute atomic E-state index is 0.106. The van der Waals surface area contributed by atoms with Gasteiger partial charge in [-0.25, -0.2) is 4.79 Å². The lowest BCUT2D eigenvalue weighted by molar-refractivity contribution is -0.115. The lowest BCUT2D eigenvalue weighted by Crippen LogP contribution is -2.23. The molecule has 0 radical (unpaired) electrons. The van der Waals surface area contributed by atoms with Crippen LogP contribution in [0.3, 0.4) is 0 Å². The van der Waals surface area contributed by atoms with Crippen molar-refractivity contribution in [3.05, 3.63) is 46.0 Å². The number of hydrogen-bond donors (Lipinski definition) is 2. The van der Waals surface area contributed by atoms with E-state index in [0.29, 0.717) is 17.2 Å². The molecule has 0 saturated heterocycles. The number of fused-ring (bicyclic) bond motifs is 2. The van der Waals surface area contributed by atoms with Crippen LogP contribution in [0, 0.1) is 6.92 Å². The third-order valence-corrected chi connectivity index (χ3v) is 7.67. The molecule has 3 aromatic rings. The second-order valence-electron chi connectivity index (χ2n) is 7.16. The Balaban J connectivity index is 1.55. The number of aryl methyl sites for hydroxylation is 2. The first-order valence-electron chi connectivity index (χ1n) is 9.86. The highest BCUT2D eigenvalue weighted by atomic mass is 32.2. The molecule has 4 rings (SSSR count). The predicted molar refractivity (Wildman–Crippen MR) is 119 cm³/mol. The van der Waals surface area contributed by atoms with E-state index in [2.05, 4.69) is 16.4 Å². The average molecular weight is 429 g/mol. The topological polar surface area (TPSA) is 71.2 Å². The Hall–Kier alpha value is -2.25. The minimum atomic E-state index is -0.338. The number of aromatic nitrogens is 1. The number of benzene rings is 1. The van der Waals surface area contributed by atoms with E-state index in [1.807, 2.05) is 32.0 Å². The van der Waals surface area contributed by atoms with E-state index in [-0.39, 0.29) is 17.1 Å². The smallest absolute Gasteiger partial charge is 0.341 e. The normalized spacial score (nSPS) is 14.0. The zero-order chi connectivity index (χ0) is 20.5. The molecule has 1 aromatic carbocycles. The van der Waals surface area contributed by atoms with Gasteiger partial charge in [-0.3, -0.25) is 4.79 Å². The van der Waals surface area contributed by atoms with Gasteiger partial charge in [0.15, 0.2) is 0 Å². The highest BCUT2D eigenvalue weighted by molar-refractivity contribution is 8.00. The predicted octanol–water partition coefficient (Wildman–Crippen LogP) is 5.32. The van der Waals surface area contributed by atoms with Crippen LogP contribution in [0.15, 0.2) is 29.2 Å². The summed E-state index contributed by atoms with van der Waals surface area (Å²) in [5.74, 6) is -0.444. The van der Waals surface area contributed by atoms with Crippen LogP contribution in [0.2, 0.25) is 0 Å². The molecule has 1 aliphatic carbocycles. The van der Waals surface area contributed by atoms with Gasteiger partial charge < -0.3 is 15.0 Å². The fraction of sp³-hybridized carbons (Fsp3) is 0.364. The van der Waals surface area contributed by atoms with Crippen molar-refractivity contribution in [2.75, 3.05) is 11.9 Å². The van der Waals surface area contributed by atoms with Crippen molar-refractivity contribution in [3.63, 3.8) is 0 Å². The number of ether oxygens (including phenoxy) is 1. The van der Waals surface area contributed by atoms with E-state index < -0.39 is 0 Å². The summed E-state index contributed by atoms with van der Waals surface area (Å²) in [6.45, 7) is 6.04. The number of rotatable bonds is 6. The van der Waals surface area contributed by atoms with Crippen LogP contribution in [-0.4, -0.2) is 28.7 Å². The summed E-state index contributed by atoms with van der Waals surface area (Å²) >= 11 is 3.05. The van der Waals surface area contributed by atoms with Crippen molar-refractivity contribution in [1.82, 2.24) is 4.98 Å². The van der Waals surface area contributed by atoms with Gasteiger partial charge in [0.05, 0.1) is 17.4 Å². The zero-order valence-corrected chi connectivity index (χ0v) is 18.4. The molecule has 1 unspecified atom stereocenters. The van der Waals surface area contributed by atoms with E-state index in [1.165, 1.54) is 28.0 Å². The molecule has 29 heavy (non-hydrogen) atoms. The van der Waals surface area contributed by atoms with Crippen molar-refractivity contribution in [2.45, 2.75) is 50.2 Å². The molecule has 0 fully saturated rings. The molecule has 5 nitrogen and oxygen atoms in total. The van der Waals surface area contributed by atoms with Crippen LogP contribution >= 0.6 is 23.1 Å². The first-order chi connectivity index (χ1) is 14.0. The maximum Gasteiger partial charge on any atom is 0.341 e. The summed E-state index contributed by atoms with van der Waals surface area (Å²) in [6, 6.07) is 8.10. The summed E-state index contributed by atoms with van der Waals surface area (Å²) in [5, 5.41) is 4.45. The highest BCUT2D eigenvalue weighted by Gasteiger charge is 2.29. The highest BCUT2D eigenvalue weighted by Crippen LogP contribution is 2.40. The fourth-order valence-corrected chi connectivity index (χ4v) is 6.09. The third-order valence-electron chi connectivity index (χ3n) is 5.14. The van der Waals surface area contributed by atoms with Gasteiger partial charge in [-0.15, -0.1) is 23.1 Å². The number of carbonyl (C=O) groups is 2. The van der Waals surface area contributed by atoms with Crippen LogP contribution in [-0.2, 0) is 22.4 Å². The van der Waals surface area contributed by atoms with Gasteiger partial charge in [0, 0.05) is 26.4 Å². The number of aromatic amines is 1. The largest absolute Gasteiger partial charge is 0.462 e. The number of thiophene rings is 1. The maximum atomic E-state index is 13.0. The van der Waals surface area contributed by atoms with Crippen molar-refractivity contribution in [1.29, 1.82) is 0 Å². The molecule has 0 saturated carbocycles. The molecule has 1 aliphatic rings. The Morgan fingerprint density at radius 3 is 2.90 bits per heavy atom. The summed E-state index contributed by atoms with van der Waals surface area (Å²) in [4.78, 5) is 31.1. The lowest BCUT2D eigenvalue weighted by atomic mass is 10.1. The monoisotopic (exact) mass is 428 g/mol. The molecule has 1 amide bonds. The molecule has 1 atom stereocenters. The summed E-state index contributed by atoms with van der Waals surface area (Å²) in [6.07, 6.45) is 2.88. The van der Waals surface area contributed by atoms with E-state index in [4.69, 9.17) is 4.74 Å². The molecular weight excluding hydrogens is 404 g/mol.